The number of carbonyl (C=O) groups excluding carboxylic acids is 1. The molecule has 0 aliphatic rings. The number of hydrogen-bond donors (Lipinski definition) is 2. The highest BCUT2D eigenvalue weighted by atomic mass is 16.5. The first kappa shape index (κ1) is 17.8. The van der Waals surface area contributed by atoms with Crippen molar-refractivity contribution in [2.24, 2.45) is 5.92 Å². The van der Waals surface area contributed by atoms with Gasteiger partial charge in [0.2, 0.25) is 5.91 Å². The van der Waals surface area contributed by atoms with E-state index in [1.807, 2.05) is 20.8 Å². The van der Waals surface area contributed by atoms with Gasteiger partial charge in [-0.2, -0.15) is 0 Å². The summed E-state index contributed by atoms with van der Waals surface area (Å²) in [6.07, 6.45) is 0. The Labute approximate surface area is 100 Å². The molecule has 0 spiro atoms. The number of ether oxygens (including phenoxy) is 1. The third kappa shape index (κ3) is 15.8. The molecule has 2 N–H and O–H groups in total. The lowest BCUT2D eigenvalue weighted by molar-refractivity contribution is -0.125. The second-order valence-corrected chi connectivity index (χ2v) is 3.60. The maximum absolute atomic E-state index is 10.9. The molecule has 0 rings (SSSR count). The molecule has 4 nitrogen and oxygen atoms in total. The fraction of sp³-hybridized carbons (Fsp3) is 0.917. The van der Waals surface area contributed by atoms with Gasteiger partial charge in [-0.1, -0.05) is 27.7 Å². The Kier molecular flexibility index (Phi) is 16.0. The minimum absolute atomic E-state index is 0.0450. The largest absolute Gasteiger partial charge is 0.370 e. The van der Waals surface area contributed by atoms with E-state index in [1.165, 1.54) is 0 Å². The van der Waals surface area contributed by atoms with Gasteiger partial charge in [0.15, 0.2) is 0 Å². The summed E-state index contributed by atoms with van der Waals surface area (Å²) < 4.78 is 5.16. The van der Waals surface area contributed by atoms with Gasteiger partial charge in [0.05, 0.1) is 6.61 Å². The van der Waals surface area contributed by atoms with Crippen molar-refractivity contribution in [1.82, 2.24) is 10.6 Å². The molecule has 0 fully saturated rings. The molecule has 0 aromatic heterocycles. The highest BCUT2D eigenvalue weighted by molar-refractivity contribution is 5.77. The van der Waals surface area contributed by atoms with Crippen LogP contribution in [-0.2, 0) is 9.53 Å². The van der Waals surface area contributed by atoms with Gasteiger partial charge in [-0.3, -0.25) is 4.79 Å². The van der Waals surface area contributed by atoms with E-state index in [-0.39, 0.29) is 12.5 Å². The molecule has 0 aromatic rings. The Balaban J connectivity index is 0. The van der Waals surface area contributed by atoms with Crippen molar-refractivity contribution in [1.29, 1.82) is 0 Å². The quantitative estimate of drug-likeness (QED) is 0.622. The van der Waals surface area contributed by atoms with Crippen LogP contribution in [0.2, 0.25) is 0 Å². The van der Waals surface area contributed by atoms with Crippen LogP contribution >= 0.6 is 0 Å². The lowest BCUT2D eigenvalue weighted by Gasteiger charge is -2.07. The summed E-state index contributed by atoms with van der Waals surface area (Å²) in [7, 11) is 0. The van der Waals surface area contributed by atoms with Crippen molar-refractivity contribution in [3.8, 4) is 0 Å². The van der Waals surface area contributed by atoms with Gasteiger partial charge in [0.1, 0.15) is 6.61 Å². The van der Waals surface area contributed by atoms with Gasteiger partial charge in [-0.15, -0.1) is 0 Å². The first-order chi connectivity index (χ1) is 7.66. The molecule has 98 valence electrons. The molecule has 16 heavy (non-hydrogen) atoms. The topological polar surface area (TPSA) is 50.4 Å². The summed E-state index contributed by atoms with van der Waals surface area (Å²) >= 11 is 0. The second-order valence-electron chi connectivity index (χ2n) is 3.60. The highest BCUT2D eigenvalue weighted by Gasteiger charge is 1.98. The van der Waals surface area contributed by atoms with Crippen LogP contribution in [0, 0.1) is 5.92 Å². The zero-order valence-electron chi connectivity index (χ0n) is 11.4. The summed E-state index contributed by atoms with van der Waals surface area (Å²) in [4.78, 5) is 10.9. The van der Waals surface area contributed by atoms with E-state index in [2.05, 4.69) is 24.5 Å². The van der Waals surface area contributed by atoms with E-state index in [4.69, 9.17) is 4.74 Å². The van der Waals surface area contributed by atoms with Crippen LogP contribution in [0.5, 0.6) is 0 Å². The number of carbonyl (C=O) groups is 1. The summed E-state index contributed by atoms with van der Waals surface area (Å²) in [5.74, 6) is 0.606. The smallest absolute Gasteiger partial charge is 0.245 e. The Bertz CT molecular complexity index is 150. The van der Waals surface area contributed by atoms with Crippen molar-refractivity contribution < 1.29 is 9.53 Å². The van der Waals surface area contributed by atoms with E-state index in [9.17, 15) is 4.79 Å². The maximum Gasteiger partial charge on any atom is 0.245 e. The summed E-state index contributed by atoms with van der Waals surface area (Å²) in [5, 5.41) is 5.90. The summed E-state index contributed by atoms with van der Waals surface area (Å²) in [6, 6.07) is 0. The molecule has 4 heteroatoms. The van der Waals surface area contributed by atoms with E-state index in [1.54, 1.807) is 0 Å². The Morgan fingerprint density at radius 3 is 2.44 bits per heavy atom. The minimum atomic E-state index is -0.0450. The van der Waals surface area contributed by atoms with Gasteiger partial charge in [0, 0.05) is 13.1 Å². The third-order valence-corrected chi connectivity index (χ3v) is 1.58. The number of hydrogen-bond acceptors (Lipinski definition) is 3. The number of nitrogens with one attached hydrogen (secondary N) is 2. The Morgan fingerprint density at radius 1 is 1.31 bits per heavy atom. The molecule has 0 heterocycles. The van der Waals surface area contributed by atoms with Crippen molar-refractivity contribution in [3.63, 3.8) is 0 Å². The molecule has 0 radical (unpaired) electrons. The predicted molar refractivity (Wildman–Crippen MR) is 68.6 cm³/mol. The molecule has 0 aliphatic heterocycles. The van der Waals surface area contributed by atoms with Crippen LogP contribution in [0.4, 0.5) is 0 Å². The molecular formula is C12H28N2O2. The van der Waals surface area contributed by atoms with Gasteiger partial charge in [0.25, 0.3) is 0 Å². The van der Waals surface area contributed by atoms with Crippen LogP contribution in [-0.4, -0.2) is 38.8 Å². The summed E-state index contributed by atoms with van der Waals surface area (Å²) in [6.45, 7) is 13.4. The third-order valence-electron chi connectivity index (χ3n) is 1.58. The summed E-state index contributed by atoms with van der Waals surface area (Å²) in [5.41, 5.74) is 0. The van der Waals surface area contributed by atoms with Crippen LogP contribution in [0.3, 0.4) is 0 Å². The molecule has 0 aromatic carbocycles. The zero-order chi connectivity index (χ0) is 12.8. The first-order valence-corrected chi connectivity index (χ1v) is 6.22. The molecule has 0 atom stereocenters. The fourth-order valence-electron chi connectivity index (χ4n) is 0.948. The first-order valence-electron chi connectivity index (χ1n) is 6.22. The zero-order valence-corrected chi connectivity index (χ0v) is 11.4. The Hall–Kier alpha value is -0.610. The van der Waals surface area contributed by atoms with Crippen molar-refractivity contribution in [3.05, 3.63) is 0 Å². The molecule has 1 amide bonds. The molecule has 0 saturated carbocycles. The fourth-order valence-corrected chi connectivity index (χ4v) is 0.948. The lowest BCUT2D eigenvalue weighted by Crippen LogP contribution is -2.29. The van der Waals surface area contributed by atoms with Gasteiger partial charge >= 0.3 is 0 Å². The molecule has 0 unspecified atom stereocenters. The number of likely N-dealkylation sites (N-methyl/N-ethyl adjacent to an activating group) is 1. The van der Waals surface area contributed by atoms with Crippen LogP contribution in [0.25, 0.3) is 0 Å². The van der Waals surface area contributed by atoms with Crippen LogP contribution in [0.15, 0.2) is 0 Å². The molecule has 0 aliphatic carbocycles. The average molecular weight is 232 g/mol. The van der Waals surface area contributed by atoms with E-state index in [0.29, 0.717) is 19.1 Å². The standard InChI is InChI=1S/C10H22N2O2.C2H6/c1-4-12-10(13)8-14-6-5-11-7-9(2)3;1-2/h9,11H,4-8H2,1-3H3,(H,12,13);1-2H3. The van der Waals surface area contributed by atoms with Gasteiger partial charge in [-0.05, 0) is 19.4 Å². The van der Waals surface area contributed by atoms with Crippen molar-refractivity contribution in [2.75, 3.05) is 32.8 Å². The number of amides is 1. The van der Waals surface area contributed by atoms with Crippen molar-refractivity contribution in [2.45, 2.75) is 34.6 Å². The number of rotatable bonds is 8. The second kappa shape index (κ2) is 14.4. The monoisotopic (exact) mass is 232 g/mol. The minimum Gasteiger partial charge on any atom is -0.370 e. The van der Waals surface area contributed by atoms with E-state index < -0.39 is 0 Å². The van der Waals surface area contributed by atoms with Crippen LogP contribution in [0.1, 0.15) is 34.6 Å². The molecular weight excluding hydrogens is 204 g/mol. The van der Waals surface area contributed by atoms with Gasteiger partial charge in [-0.25, -0.2) is 0 Å². The SMILES string of the molecule is CC.CCNC(=O)COCCNCC(C)C. The van der Waals surface area contributed by atoms with Crippen molar-refractivity contribution >= 4 is 5.91 Å². The van der Waals surface area contributed by atoms with E-state index in [0.717, 1.165) is 13.1 Å². The lowest BCUT2D eigenvalue weighted by atomic mass is 10.2. The van der Waals surface area contributed by atoms with Gasteiger partial charge < -0.3 is 15.4 Å². The van der Waals surface area contributed by atoms with Crippen LogP contribution < -0.4 is 10.6 Å². The average Bonchev–Trinajstić information content (AvgIpc) is 2.26. The predicted octanol–water partition coefficient (Wildman–Crippen LogP) is 1.41. The van der Waals surface area contributed by atoms with E-state index >= 15 is 0 Å². The normalized spacial score (nSPS) is 9.62. The highest BCUT2D eigenvalue weighted by Crippen LogP contribution is 1.86. The molecule has 0 bridgehead atoms. The molecule has 0 saturated heterocycles. The Morgan fingerprint density at radius 2 is 1.94 bits per heavy atom. The maximum atomic E-state index is 10.9.